The Hall–Kier alpha value is -3.06. The Morgan fingerprint density at radius 3 is 2.45 bits per heavy atom. The number of aryl methyl sites for hydroxylation is 1. The number of nitrogens with one attached hydrogen (secondary N) is 1. The molecule has 0 aliphatic carbocycles. The van der Waals surface area contributed by atoms with E-state index in [4.69, 9.17) is 0 Å². The van der Waals surface area contributed by atoms with Gasteiger partial charge in [0, 0.05) is 37.2 Å². The number of carbonyl (C=O) groups excluding carboxylic acids is 1. The molecule has 1 aliphatic heterocycles. The van der Waals surface area contributed by atoms with Gasteiger partial charge in [-0.2, -0.15) is 4.80 Å². The smallest absolute Gasteiger partial charge is 0.220 e. The number of hydrogen-bond acceptors (Lipinski definition) is 5. The zero-order valence-electron chi connectivity index (χ0n) is 18.0. The normalized spacial score (nSPS) is 16.2. The topological polar surface area (TPSA) is 75.9 Å². The summed E-state index contributed by atoms with van der Waals surface area (Å²) in [6.07, 6.45) is 3.16. The van der Waals surface area contributed by atoms with Crippen LogP contribution in [0.3, 0.4) is 0 Å². The molecule has 4 rings (SSSR count). The lowest BCUT2D eigenvalue weighted by atomic mass is 10.00. The van der Waals surface area contributed by atoms with Gasteiger partial charge in [0.2, 0.25) is 11.7 Å². The van der Waals surface area contributed by atoms with Crippen molar-refractivity contribution in [3.05, 3.63) is 66.2 Å². The number of aromatic nitrogens is 4. The molecule has 1 saturated heterocycles. The fourth-order valence-electron chi connectivity index (χ4n) is 4.10. The fraction of sp³-hybridized carbons (Fsp3) is 0.417. The maximum atomic E-state index is 12.4. The molecule has 1 aromatic heterocycles. The van der Waals surface area contributed by atoms with Crippen molar-refractivity contribution in [1.29, 1.82) is 0 Å². The molecule has 1 unspecified atom stereocenters. The maximum Gasteiger partial charge on any atom is 0.220 e. The number of tetrazole rings is 1. The monoisotopic (exact) mass is 418 g/mol. The van der Waals surface area contributed by atoms with Crippen molar-refractivity contribution in [3.63, 3.8) is 0 Å². The number of carbonyl (C=O) groups is 1. The van der Waals surface area contributed by atoms with E-state index in [1.54, 1.807) is 4.80 Å². The van der Waals surface area contributed by atoms with E-state index in [-0.39, 0.29) is 11.9 Å². The Balaban J connectivity index is 1.16. The molecule has 0 saturated carbocycles. The van der Waals surface area contributed by atoms with Crippen LogP contribution in [-0.4, -0.2) is 50.1 Å². The van der Waals surface area contributed by atoms with E-state index < -0.39 is 0 Å². The summed E-state index contributed by atoms with van der Waals surface area (Å²) < 4.78 is 0. The van der Waals surface area contributed by atoms with Gasteiger partial charge in [0.05, 0.1) is 6.54 Å². The van der Waals surface area contributed by atoms with Gasteiger partial charge in [0.15, 0.2) is 0 Å². The molecule has 7 heteroatoms. The highest BCUT2D eigenvalue weighted by molar-refractivity contribution is 5.76. The number of nitrogens with zero attached hydrogens (tertiary/aromatic N) is 5. The van der Waals surface area contributed by atoms with Gasteiger partial charge in [0.1, 0.15) is 0 Å². The molecule has 162 valence electrons. The molecular weight excluding hydrogens is 388 g/mol. The average molecular weight is 419 g/mol. The second kappa shape index (κ2) is 10.3. The molecule has 1 fully saturated rings. The number of rotatable bonds is 8. The minimum atomic E-state index is 0.109. The summed E-state index contributed by atoms with van der Waals surface area (Å²) in [5.74, 6) is 0.722. The van der Waals surface area contributed by atoms with Crippen LogP contribution in [-0.2, 0) is 11.3 Å². The summed E-state index contributed by atoms with van der Waals surface area (Å²) in [4.78, 5) is 16.4. The summed E-state index contributed by atoms with van der Waals surface area (Å²) in [6.45, 7) is 4.86. The van der Waals surface area contributed by atoms with Gasteiger partial charge in [-0.1, -0.05) is 60.7 Å². The molecule has 0 radical (unpaired) electrons. The van der Waals surface area contributed by atoms with Gasteiger partial charge < -0.3 is 5.32 Å². The van der Waals surface area contributed by atoms with E-state index in [2.05, 4.69) is 62.9 Å². The Labute approximate surface area is 183 Å². The van der Waals surface area contributed by atoms with Gasteiger partial charge in [-0.3, -0.25) is 9.69 Å². The SMILES string of the molecule is CC(c1ccccc1)N1CCC(NC(=O)CCCn2nnc(-c3ccccc3)n2)CC1. The van der Waals surface area contributed by atoms with E-state index in [1.807, 2.05) is 30.3 Å². The largest absolute Gasteiger partial charge is 0.353 e. The van der Waals surface area contributed by atoms with Crippen LogP contribution in [0.25, 0.3) is 11.4 Å². The highest BCUT2D eigenvalue weighted by atomic mass is 16.1. The molecule has 1 atom stereocenters. The predicted octanol–water partition coefficient (Wildman–Crippen LogP) is 3.46. The highest BCUT2D eigenvalue weighted by Crippen LogP contribution is 2.24. The second-order valence-corrected chi connectivity index (χ2v) is 8.14. The van der Waals surface area contributed by atoms with Crippen LogP contribution in [0.5, 0.6) is 0 Å². The van der Waals surface area contributed by atoms with Crippen molar-refractivity contribution in [2.75, 3.05) is 13.1 Å². The Kier molecular flexibility index (Phi) is 7.04. The van der Waals surface area contributed by atoms with Crippen molar-refractivity contribution >= 4 is 5.91 Å². The number of likely N-dealkylation sites (tertiary alicyclic amines) is 1. The molecule has 3 aromatic rings. The third-order valence-corrected chi connectivity index (χ3v) is 5.97. The Bertz CT molecular complexity index is 950. The van der Waals surface area contributed by atoms with Crippen LogP contribution >= 0.6 is 0 Å². The second-order valence-electron chi connectivity index (χ2n) is 8.14. The van der Waals surface area contributed by atoms with E-state index >= 15 is 0 Å². The van der Waals surface area contributed by atoms with Gasteiger partial charge in [-0.05, 0) is 37.0 Å². The molecule has 0 spiro atoms. The first-order chi connectivity index (χ1) is 15.2. The predicted molar refractivity (Wildman–Crippen MR) is 120 cm³/mol. The standard InChI is InChI=1S/C24H30N6O/c1-19(20-9-4-2-5-10-20)29-17-14-22(15-18-29)25-23(31)13-8-16-30-27-24(26-28-30)21-11-6-3-7-12-21/h2-7,9-12,19,22H,8,13-18H2,1H3,(H,25,31). The van der Waals surface area contributed by atoms with E-state index in [9.17, 15) is 4.79 Å². The number of piperidine rings is 1. The van der Waals surface area contributed by atoms with Gasteiger partial charge in [-0.15, -0.1) is 10.2 Å². The van der Waals surface area contributed by atoms with Gasteiger partial charge in [0.25, 0.3) is 0 Å². The molecule has 1 amide bonds. The third-order valence-electron chi connectivity index (χ3n) is 5.97. The molecule has 2 heterocycles. The molecule has 31 heavy (non-hydrogen) atoms. The van der Waals surface area contributed by atoms with Crippen LogP contribution in [0.4, 0.5) is 0 Å². The van der Waals surface area contributed by atoms with Gasteiger partial charge in [-0.25, -0.2) is 0 Å². The minimum Gasteiger partial charge on any atom is -0.353 e. The van der Waals surface area contributed by atoms with E-state index in [0.29, 0.717) is 31.3 Å². The number of amides is 1. The lowest BCUT2D eigenvalue weighted by Gasteiger charge is -2.36. The summed E-state index contributed by atoms with van der Waals surface area (Å²) in [6, 6.07) is 21.1. The van der Waals surface area contributed by atoms with Crippen molar-refractivity contribution in [1.82, 2.24) is 30.4 Å². The lowest BCUT2D eigenvalue weighted by molar-refractivity contribution is -0.122. The summed E-state index contributed by atoms with van der Waals surface area (Å²) in [5.41, 5.74) is 2.29. The van der Waals surface area contributed by atoms with Crippen molar-refractivity contribution in [2.24, 2.45) is 0 Å². The van der Waals surface area contributed by atoms with Gasteiger partial charge >= 0.3 is 0 Å². The Morgan fingerprint density at radius 2 is 1.74 bits per heavy atom. The molecule has 1 N–H and O–H groups in total. The summed E-state index contributed by atoms with van der Waals surface area (Å²) >= 11 is 0. The zero-order valence-corrected chi connectivity index (χ0v) is 18.0. The van der Waals surface area contributed by atoms with Crippen molar-refractivity contribution < 1.29 is 4.79 Å². The number of hydrogen-bond donors (Lipinski definition) is 1. The molecular formula is C24H30N6O. The molecule has 1 aliphatic rings. The minimum absolute atomic E-state index is 0.109. The summed E-state index contributed by atoms with van der Waals surface area (Å²) in [7, 11) is 0. The van der Waals surface area contributed by atoms with Crippen molar-refractivity contribution in [3.8, 4) is 11.4 Å². The zero-order chi connectivity index (χ0) is 21.5. The first-order valence-corrected chi connectivity index (χ1v) is 11.1. The van der Waals surface area contributed by atoms with Crippen molar-refractivity contribution in [2.45, 2.75) is 51.2 Å². The number of benzene rings is 2. The maximum absolute atomic E-state index is 12.4. The lowest BCUT2D eigenvalue weighted by Crippen LogP contribution is -2.45. The van der Waals surface area contributed by atoms with E-state index in [1.165, 1.54) is 5.56 Å². The quantitative estimate of drug-likeness (QED) is 0.606. The molecule has 0 bridgehead atoms. The van der Waals surface area contributed by atoms with Crippen LogP contribution in [0.1, 0.15) is 44.2 Å². The van der Waals surface area contributed by atoms with Crippen LogP contribution in [0.15, 0.2) is 60.7 Å². The highest BCUT2D eigenvalue weighted by Gasteiger charge is 2.24. The van der Waals surface area contributed by atoms with Crippen LogP contribution < -0.4 is 5.32 Å². The van der Waals surface area contributed by atoms with Crippen LogP contribution in [0.2, 0.25) is 0 Å². The molecule has 2 aromatic carbocycles. The van der Waals surface area contributed by atoms with Crippen LogP contribution in [0, 0.1) is 0 Å². The first-order valence-electron chi connectivity index (χ1n) is 11.1. The first kappa shape index (κ1) is 21.2. The Morgan fingerprint density at radius 1 is 1.06 bits per heavy atom. The molecule has 7 nitrogen and oxygen atoms in total. The average Bonchev–Trinajstić information content (AvgIpc) is 3.29. The third kappa shape index (κ3) is 5.76. The fourth-order valence-corrected chi connectivity index (χ4v) is 4.10. The summed E-state index contributed by atoms with van der Waals surface area (Å²) in [5, 5.41) is 15.8. The van der Waals surface area contributed by atoms with E-state index in [0.717, 1.165) is 31.5 Å².